The molecule has 7 nitrogen and oxygen atoms in total. The Morgan fingerprint density at radius 3 is 2.68 bits per heavy atom. The summed E-state index contributed by atoms with van der Waals surface area (Å²) >= 11 is 6.25. The van der Waals surface area contributed by atoms with E-state index in [2.05, 4.69) is 20.5 Å². The van der Waals surface area contributed by atoms with Crippen molar-refractivity contribution in [3.8, 4) is 22.8 Å². The number of hydrogen-bond donors (Lipinski definition) is 1. The molecule has 4 aromatic rings. The maximum Gasteiger partial charge on any atom is 0.272 e. The molecule has 5 rings (SSSR count). The lowest BCUT2D eigenvalue weighted by Crippen LogP contribution is -2.18. The molecule has 0 fully saturated rings. The number of carbonyl (C=O) groups is 1. The molecule has 1 aliphatic rings. The Morgan fingerprint density at radius 2 is 1.84 bits per heavy atom. The lowest BCUT2D eigenvalue weighted by molar-refractivity contribution is 0.0956. The number of amides is 1. The third kappa shape index (κ3) is 3.78. The van der Waals surface area contributed by atoms with Crippen LogP contribution < -0.4 is 14.9 Å². The minimum absolute atomic E-state index is 0.151. The largest absolute Gasteiger partial charge is 0.454 e. The number of benzene rings is 2. The van der Waals surface area contributed by atoms with Gasteiger partial charge in [-0.15, -0.1) is 0 Å². The molecule has 1 N–H and O–H groups in total. The Balaban J connectivity index is 1.45. The highest BCUT2D eigenvalue weighted by molar-refractivity contribution is 6.33. The van der Waals surface area contributed by atoms with Gasteiger partial charge in [0.25, 0.3) is 5.91 Å². The zero-order valence-corrected chi connectivity index (χ0v) is 16.8. The number of halogens is 1. The third-order valence-corrected chi connectivity index (χ3v) is 5.13. The molecule has 0 saturated heterocycles. The topological polar surface area (TPSA) is 85.7 Å². The van der Waals surface area contributed by atoms with E-state index in [4.69, 9.17) is 21.1 Å². The van der Waals surface area contributed by atoms with E-state index in [0.29, 0.717) is 38.9 Å². The smallest absolute Gasteiger partial charge is 0.272 e. The molecule has 1 aliphatic heterocycles. The van der Waals surface area contributed by atoms with Gasteiger partial charge >= 0.3 is 0 Å². The molecule has 152 valence electrons. The SMILES string of the molecule is O=C(NN=Cc1cc2c(cc1Cl)OCO2)c1cc(-c2ccncc2)nc2ccccc12. The second-order valence-corrected chi connectivity index (χ2v) is 7.14. The molecule has 1 amide bonds. The second-order valence-electron chi connectivity index (χ2n) is 6.73. The number of aromatic nitrogens is 2. The number of carbonyl (C=O) groups excluding carboxylic acids is 1. The fourth-order valence-electron chi connectivity index (χ4n) is 3.29. The summed E-state index contributed by atoms with van der Waals surface area (Å²) < 4.78 is 10.6. The Kier molecular flexibility index (Phi) is 4.93. The molecule has 0 unspecified atom stereocenters. The lowest BCUT2D eigenvalue weighted by Gasteiger charge is -2.09. The first-order valence-electron chi connectivity index (χ1n) is 9.42. The van der Waals surface area contributed by atoms with Crippen LogP contribution in [-0.4, -0.2) is 28.9 Å². The van der Waals surface area contributed by atoms with Crippen molar-refractivity contribution in [2.75, 3.05) is 6.79 Å². The van der Waals surface area contributed by atoms with Gasteiger partial charge in [-0.05, 0) is 30.3 Å². The van der Waals surface area contributed by atoms with Crippen LogP contribution in [0.1, 0.15) is 15.9 Å². The van der Waals surface area contributed by atoms with E-state index in [-0.39, 0.29) is 12.7 Å². The monoisotopic (exact) mass is 430 g/mol. The van der Waals surface area contributed by atoms with E-state index in [0.717, 1.165) is 10.9 Å². The van der Waals surface area contributed by atoms with Crippen LogP contribution in [0.25, 0.3) is 22.2 Å². The summed E-state index contributed by atoms with van der Waals surface area (Å²) in [5.41, 5.74) is 5.89. The van der Waals surface area contributed by atoms with Crippen molar-refractivity contribution in [3.05, 3.63) is 83.1 Å². The Morgan fingerprint density at radius 1 is 1.06 bits per heavy atom. The van der Waals surface area contributed by atoms with Crippen LogP contribution in [-0.2, 0) is 0 Å². The summed E-state index contributed by atoms with van der Waals surface area (Å²) in [4.78, 5) is 21.7. The highest BCUT2D eigenvalue weighted by atomic mass is 35.5. The molecule has 2 aromatic carbocycles. The van der Waals surface area contributed by atoms with Crippen molar-refractivity contribution >= 4 is 34.6 Å². The number of ether oxygens (including phenoxy) is 2. The van der Waals surface area contributed by atoms with Gasteiger partial charge in [-0.2, -0.15) is 5.10 Å². The highest BCUT2D eigenvalue weighted by Crippen LogP contribution is 2.36. The highest BCUT2D eigenvalue weighted by Gasteiger charge is 2.16. The number of nitrogens with one attached hydrogen (secondary N) is 1. The van der Waals surface area contributed by atoms with Gasteiger partial charge in [0.15, 0.2) is 11.5 Å². The van der Waals surface area contributed by atoms with Gasteiger partial charge < -0.3 is 9.47 Å². The average Bonchev–Trinajstić information content (AvgIpc) is 3.26. The average molecular weight is 431 g/mol. The van der Waals surface area contributed by atoms with Gasteiger partial charge in [0.1, 0.15) is 0 Å². The van der Waals surface area contributed by atoms with Crippen LogP contribution >= 0.6 is 11.6 Å². The number of hydrazone groups is 1. The first-order valence-corrected chi connectivity index (χ1v) is 9.79. The van der Waals surface area contributed by atoms with Crippen LogP contribution in [0.5, 0.6) is 11.5 Å². The molecule has 0 aliphatic carbocycles. The number of hydrogen-bond acceptors (Lipinski definition) is 6. The summed E-state index contributed by atoms with van der Waals surface area (Å²) in [6, 6.07) is 16.3. The van der Waals surface area contributed by atoms with Crippen molar-refractivity contribution in [2.24, 2.45) is 5.10 Å². The van der Waals surface area contributed by atoms with E-state index in [1.54, 1.807) is 30.6 Å². The molecule has 2 aromatic heterocycles. The summed E-state index contributed by atoms with van der Waals surface area (Å²) in [5.74, 6) is 0.805. The summed E-state index contributed by atoms with van der Waals surface area (Å²) in [5, 5.41) is 5.25. The fraction of sp³-hybridized carbons (Fsp3) is 0.0435. The Bertz CT molecular complexity index is 1330. The normalized spacial score (nSPS) is 12.4. The van der Waals surface area contributed by atoms with Crippen molar-refractivity contribution in [2.45, 2.75) is 0 Å². The number of rotatable bonds is 4. The van der Waals surface area contributed by atoms with Crippen molar-refractivity contribution in [1.82, 2.24) is 15.4 Å². The van der Waals surface area contributed by atoms with Crippen LogP contribution in [0.4, 0.5) is 0 Å². The van der Waals surface area contributed by atoms with Gasteiger partial charge in [-0.25, -0.2) is 10.4 Å². The van der Waals surface area contributed by atoms with Gasteiger partial charge in [-0.3, -0.25) is 9.78 Å². The van der Waals surface area contributed by atoms with E-state index in [1.807, 2.05) is 36.4 Å². The number of fused-ring (bicyclic) bond motifs is 2. The minimum atomic E-state index is -0.359. The molecule has 0 bridgehead atoms. The van der Waals surface area contributed by atoms with Crippen LogP contribution in [0, 0.1) is 0 Å². The minimum Gasteiger partial charge on any atom is -0.454 e. The van der Waals surface area contributed by atoms with Gasteiger partial charge in [0, 0.05) is 35.0 Å². The number of para-hydroxylation sites is 1. The predicted octanol–water partition coefficient (Wildman–Crippen LogP) is 4.44. The number of pyridine rings is 2. The van der Waals surface area contributed by atoms with Crippen LogP contribution in [0.2, 0.25) is 5.02 Å². The molecule has 3 heterocycles. The molecule has 0 saturated carbocycles. The predicted molar refractivity (Wildman–Crippen MR) is 118 cm³/mol. The maximum atomic E-state index is 13.0. The Hall–Kier alpha value is -3.97. The first kappa shape index (κ1) is 19.0. The summed E-state index contributed by atoms with van der Waals surface area (Å²) in [7, 11) is 0. The van der Waals surface area contributed by atoms with Gasteiger partial charge in [0.2, 0.25) is 6.79 Å². The lowest BCUT2D eigenvalue weighted by atomic mass is 10.0. The van der Waals surface area contributed by atoms with Crippen LogP contribution in [0.3, 0.4) is 0 Å². The second kappa shape index (κ2) is 8.04. The molecular formula is C23H15ClN4O3. The van der Waals surface area contributed by atoms with Crippen molar-refractivity contribution < 1.29 is 14.3 Å². The molecule has 0 atom stereocenters. The molecule has 0 spiro atoms. The standard InChI is InChI=1S/C23H15ClN4O3/c24-18-11-22-21(30-13-31-22)9-15(18)12-26-28-23(29)17-10-20(14-5-7-25-8-6-14)27-19-4-2-1-3-16(17)19/h1-12H,13H2,(H,28,29). The van der Waals surface area contributed by atoms with Crippen molar-refractivity contribution in [3.63, 3.8) is 0 Å². The van der Waals surface area contributed by atoms with E-state index in [9.17, 15) is 4.79 Å². The quantitative estimate of drug-likeness (QED) is 0.382. The van der Waals surface area contributed by atoms with E-state index in [1.165, 1.54) is 6.21 Å². The maximum absolute atomic E-state index is 13.0. The zero-order valence-electron chi connectivity index (χ0n) is 16.1. The number of nitrogens with zero attached hydrogens (tertiary/aromatic N) is 3. The van der Waals surface area contributed by atoms with E-state index < -0.39 is 0 Å². The zero-order chi connectivity index (χ0) is 21.2. The molecule has 31 heavy (non-hydrogen) atoms. The summed E-state index contributed by atoms with van der Waals surface area (Å²) in [6.45, 7) is 0.151. The Labute approximate surface area is 182 Å². The first-order chi connectivity index (χ1) is 15.2. The van der Waals surface area contributed by atoms with E-state index >= 15 is 0 Å². The van der Waals surface area contributed by atoms with Crippen LogP contribution in [0.15, 0.2) is 72.1 Å². The van der Waals surface area contributed by atoms with Gasteiger partial charge in [-0.1, -0.05) is 29.8 Å². The third-order valence-electron chi connectivity index (χ3n) is 4.80. The molecule has 0 radical (unpaired) electrons. The van der Waals surface area contributed by atoms with Crippen molar-refractivity contribution in [1.29, 1.82) is 0 Å². The molecular weight excluding hydrogens is 416 g/mol. The summed E-state index contributed by atoms with van der Waals surface area (Å²) in [6.07, 6.45) is 4.84. The van der Waals surface area contributed by atoms with Gasteiger partial charge in [0.05, 0.1) is 28.0 Å². The molecule has 8 heteroatoms. The fourth-order valence-corrected chi connectivity index (χ4v) is 3.49.